The van der Waals surface area contributed by atoms with Crippen molar-refractivity contribution in [3.63, 3.8) is 0 Å². The number of halogens is 4. The van der Waals surface area contributed by atoms with Gasteiger partial charge in [0.15, 0.2) is 17.5 Å². The normalized spacial score (nSPS) is 14.6. The Bertz CT molecular complexity index is 2530. The molecule has 5 heterocycles. The minimum atomic E-state index is -1.19. The Morgan fingerprint density at radius 2 is 1.50 bits per heavy atom. The molecular weight excluding hydrogens is 755 g/mol. The van der Waals surface area contributed by atoms with E-state index in [1.54, 1.807) is 60.1 Å². The monoisotopic (exact) mass is 799 g/mol. The summed E-state index contributed by atoms with van der Waals surface area (Å²) < 4.78 is 73.9. The van der Waals surface area contributed by atoms with Crippen molar-refractivity contribution in [3.05, 3.63) is 95.6 Å². The summed E-state index contributed by atoms with van der Waals surface area (Å²) in [5.41, 5.74) is 1.75. The van der Waals surface area contributed by atoms with Crippen LogP contribution in [0.25, 0.3) is 44.6 Å². The standard InChI is InChI=1S/C43H45F4N7O4/c1-23-9-10-33(48-20-23)24(2)53-22-30(38-51-34-18-31(46)32(47)19-35(34)54(38)41(56)58-43(6,7)8)36-37(29(21-49-39(36)53)25-15-26(44)17-27(45)16-25)52-13-11-28(12-14-52)50-40(55)57-42(3,4)5/h9-10,15-22,24,28H,11-14H2,1-8H3,(H,50,55). The minimum absolute atomic E-state index is 0.00540. The van der Waals surface area contributed by atoms with Gasteiger partial charge in [0.05, 0.1) is 33.8 Å². The van der Waals surface area contributed by atoms with Crippen LogP contribution in [-0.4, -0.2) is 66.6 Å². The molecule has 1 aliphatic rings. The maximum absolute atomic E-state index is 15.0. The zero-order valence-electron chi connectivity index (χ0n) is 33.6. The van der Waals surface area contributed by atoms with Crippen molar-refractivity contribution in [1.29, 1.82) is 0 Å². The molecular formula is C43H45F4N7O4. The predicted molar refractivity (Wildman–Crippen MR) is 213 cm³/mol. The number of hydrogen-bond donors (Lipinski definition) is 1. The first kappa shape index (κ1) is 40.2. The molecule has 0 aliphatic carbocycles. The average Bonchev–Trinajstić information content (AvgIpc) is 3.68. The van der Waals surface area contributed by atoms with Gasteiger partial charge in [0.1, 0.15) is 28.5 Å². The number of amides is 1. The summed E-state index contributed by atoms with van der Waals surface area (Å²) in [5.74, 6) is -3.95. The number of nitrogens with zero attached hydrogens (tertiary/aromatic N) is 6. The number of rotatable bonds is 6. The van der Waals surface area contributed by atoms with Crippen molar-refractivity contribution >= 4 is 39.9 Å². The topological polar surface area (TPSA) is 116 Å². The number of alkyl carbamates (subject to hydrolysis) is 1. The lowest BCUT2D eigenvalue weighted by Gasteiger charge is -2.36. The van der Waals surface area contributed by atoms with E-state index < -0.39 is 52.7 Å². The minimum Gasteiger partial charge on any atom is -0.444 e. The second-order valence-corrected chi connectivity index (χ2v) is 16.7. The molecule has 0 saturated carbocycles. The molecule has 1 atom stereocenters. The highest BCUT2D eigenvalue weighted by Gasteiger charge is 2.33. The van der Waals surface area contributed by atoms with E-state index in [1.165, 1.54) is 12.1 Å². The van der Waals surface area contributed by atoms with Crippen LogP contribution in [0.3, 0.4) is 0 Å². The molecule has 0 radical (unpaired) electrons. The summed E-state index contributed by atoms with van der Waals surface area (Å²) in [5, 5.41) is 3.40. The van der Waals surface area contributed by atoms with Gasteiger partial charge in [-0.2, -0.15) is 0 Å². The Morgan fingerprint density at radius 3 is 2.12 bits per heavy atom. The number of aryl methyl sites for hydroxylation is 1. The molecule has 304 valence electrons. The van der Waals surface area contributed by atoms with Gasteiger partial charge in [-0.25, -0.2) is 41.7 Å². The fraction of sp³-hybridized carbons (Fsp3) is 0.372. The van der Waals surface area contributed by atoms with Gasteiger partial charge < -0.3 is 24.3 Å². The maximum Gasteiger partial charge on any atom is 0.420 e. The molecule has 11 nitrogen and oxygen atoms in total. The maximum atomic E-state index is 15.0. The molecule has 1 amide bonds. The van der Waals surface area contributed by atoms with Gasteiger partial charge in [-0.05, 0) is 97.6 Å². The van der Waals surface area contributed by atoms with Crippen molar-refractivity contribution in [3.8, 4) is 22.5 Å². The van der Waals surface area contributed by atoms with E-state index in [2.05, 4.69) is 10.3 Å². The van der Waals surface area contributed by atoms with E-state index in [4.69, 9.17) is 19.4 Å². The zero-order valence-corrected chi connectivity index (χ0v) is 33.6. The van der Waals surface area contributed by atoms with Crippen LogP contribution in [0.5, 0.6) is 0 Å². The van der Waals surface area contributed by atoms with Crippen LogP contribution in [0, 0.1) is 30.2 Å². The molecule has 1 aliphatic heterocycles. The van der Waals surface area contributed by atoms with Gasteiger partial charge >= 0.3 is 12.2 Å². The Hall–Kier alpha value is -5.99. The average molecular weight is 800 g/mol. The van der Waals surface area contributed by atoms with Crippen molar-refractivity contribution in [2.75, 3.05) is 18.0 Å². The van der Waals surface area contributed by atoms with Crippen molar-refractivity contribution in [2.45, 2.75) is 91.5 Å². The lowest BCUT2D eigenvalue weighted by Crippen LogP contribution is -2.46. The van der Waals surface area contributed by atoms with E-state index in [9.17, 15) is 27.2 Å². The summed E-state index contributed by atoms with van der Waals surface area (Å²) in [6.07, 6.45) is 4.57. The Labute approximate surface area is 333 Å². The smallest absolute Gasteiger partial charge is 0.420 e. The van der Waals surface area contributed by atoms with E-state index in [1.807, 2.05) is 35.4 Å². The number of benzene rings is 2. The fourth-order valence-corrected chi connectivity index (χ4v) is 7.25. The molecule has 1 N–H and O–H groups in total. The number of aromatic nitrogens is 5. The molecule has 58 heavy (non-hydrogen) atoms. The number of carbonyl (C=O) groups excluding carboxylic acids is 2. The highest BCUT2D eigenvalue weighted by atomic mass is 19.2. The third-order valence-electron chi connectivity index (χ3n) is 9.81. The zero-order chi connectivity index (χ0) is 41.8. The highest BCUT2D eigenvalue weighted by molar-refractivity contribution is 6.09. The van der Waals surface area contributed by atoms with Crippen LogP contribution in [0.1, 0.15) is 78.6 Å². The quantitative estimate of drug-likeness (QED) is 0.166. The van der Waals surface area contributed by atoms with Gasteiger partial charge in [-0.3, -0.25) is 4.98 Å². The number of ether oxygens (including phenoxy) is 2. The van der Waals surface area contributed by atoms with Gasteiger partial charge in [0.2, 0.25) is 0 Å². The summed E-state index contributed by atoms with van der Waals surface area (Å²) >= 11 is 0. The third-order valence-corrected chi connectivity index (χ3v) is 9.81. The van der Waals surface area contributed by atoms with E-state index in [0.717, 1.165) is 28.3 Å². The van der Waals surface area contributed by atoms with Crippen LogP contribution in [0.15, 0.2) is 61.1 Å². The molecule has 7 rings (SSSR count). The van der Waals surface area contributed by atoms with E-state index in [0.29, 0.717) is 59.5 Å². The number of nitrogens with one attached hydrogen (secondary N) is 1. The molecule has 1 fully saturated rings. The molecule has 0 bridgehead atoms. The third kappa shape index (κ3) is 8.20. The summed E-state index contributed by atoms with van der Waals surface area (Å²) in [6.45, 7) is 15.0. The summed E-state index contributed by atoms with van der Waals surface area (Å²) in [6, 6.07) is 8.14. The number of pyridine rings is 2. The number of hydrogen-bond acceptors (Lipinski definition) is 8. The SMILES string of the molecule is Cc1ccc(C(C)n2cc(-c3nc4cc(F)c(F)cc4n3C(=O)OC(C)(C)C)c3c(N4CCC(NC(=O)OC(C)(C)C)CC4)c(-c4cc(F)cc(F)c4)cnc32)nc1. The van der Waals surface area contributed by atoms with Crippen LogP contribution in [0.2, 0.25) is 0 Å². The fourth-order valence-electron chi connectivity index (χ4n) is 7.25. The van der Waals surface area contributed by atoms with Crippen molar-refractivity contribution < 1.29 is 36.6 Å². The molecule has 1 unspecified atom stereocenters. The van der Waals surface area contributed by atoms with Gasteiger partial charge in [0.25, 0.3) is 0 Å². The van der Waals surface area contributed by atoms with Crippen molar-refractivity contribution in [1.82, 2.24) is 29.4 Å². The Balaban J connectivity index is 1.51. The Kier molecular flexibility index (Phi) is 10.4. The Morgan fingerprint density at radius 1 is 0.845 bits per heavy atom. The lowest BCUT2D eigenvalue weighted by atomic mass is 9.98. The highest BCUT2D eigenvalue weighted by Crippen LogP contribution is 2.45. The lowest BCUT2D eigenvalue weighted by molar-refractivity contribution is 0.0494. The van der Waals surface area contributed by atoms with Crippen LogP contribution < -0.4 is 10.2 Å². The summed E-state index contributed by atoms with van der Waals surface area (Å²) in [7, 11) is 0. The molecule has 0 spiro atoms. The van der Waals surface area contributed by atoms with E-state index in [-0.39, 0.29) is 28.5 Å². The molecule has 6 aromatic rings. The number of carbonyl (C=O) groups is 2. The molecule has 2 aromatic carbocycles. The van der Waals surface area contributed by atoms with Gasteiger partial charge in [-0.15, -0.1) is 0 Å². The second-order valence-electron chi connectivity index (χ2n) is 16.7. The van der Waals surface area contributed by atoms with Crippen LogP contribution >= 0.6 is 0 Å². The first-order chi connectivity index (χ1) is 27.3. The molecule has 15 heteroatoms. The number of piperidine rings is 1. The number of fused-ring (bicyclic) bond motifs is 2. The second kappa shape index (κ2) is 15.1. The predicted octanol–water partition coefficient (Wildman–Crippen LogP) is 9.87. The van der Waals surface area contributed by atoms with Crippen LogP contribution in [-0.2, 0) is 9.47 Å². The van der Waals surface area contributed by atoms with Gasteiger partial charge in [-0.1, -0.05) is 6.07 Å². The molecule has 1 saturated heterocycles. The number of anilines is 1. The number of imidazole rings is 1. The van der Waals surface area contributed by atoms with Gasteiger partial charge in [0, 0.05) is 67.0 Å². The largest absolute Gasteiger partial charge is 0.444 e. The summed E-state index contributed by atoms with van der Waals surface area (Å²) in [4.78, 5) is 43.2. The van der Waals surface area contributed by atoms with Crippen molar-refractivity contribution in [2.24, 2.45) is 0 Å². The first-order valence-corrected chi connectivity index (χ1v) is 19.0. The molecule has 4 aromatic heterocycles. The van der Waals surface area contributed by atoms with Crippen LogP contribution in [0.4, 0.5) is 32.8 Å². The first-order valence-electron chi connectivity index (χ1n) is 19.0. The van der Waals surface area contributed by atoms with E-state index >= 15 is 0 Å².